The number of halogens is 4. The van der Waals surface area contributed by atoms with Crippen LogP contribution in [-0.4, -0.2) is 61.6 Å². The number of alkyl halides is 3. The normalized spacial score (nSPS) is 32.4. The van der Waals surface area contributed by atoms with Crippen molar-refractivity contribution in [3.8, 4) is 5.75 Å². The standard InChI is InChI=1S/C15H23F3N2O3.C10H9ClO2/c1-19-13-2-4-14(9-13,5-3-13)20-12(21)8-22-10-6-11(7-10)23-15(16,17)18;11-8-2-4-10-7(5-8)1-3-9(6-12)13-10/h10-11,19H,2-9H2,1H3,(H,20,21);2,4-6,9H,1,3H2. The zero-order valence-corrected chi connectivity index (χ0v) is 20.9. The highest BCUT2D eigenvalue weighted by Crippen LogP contribution is 2.50. The van der Waals surface area contributed by atoms with Crippen molar-refractivity contribution in [1.82, 2.24) is 10.6 Å². The number of benzene rings is 1. The minimum Gasteiger partial charge on any atom is -0.483 e. The van der Waals surface area contributed by atoms with E-state index in [0.29, 0.717) is 5.02 Å². The van der Waals surface area contributed by atoms with Gasteiger partial charge in [0.25, 0.3) is 0 Å². The summed E-state index contributed by atoms with van der Waals surface area (Å²) < 4.78 is 50.7. The first kappa shape index (κ1) is 27.2. The van der Waals surface area contributed by atoms with Crippen molar-refractivity contribution in [2.45, 2.75) is 93.5 Å². The van der Waals surface area contributed by atoms with E-state index < -0.39 is 12.5 Å². The summed E-state index contributed by atoms with van der Waals surface area (Å²) in [5.74, 6) is 0.603. The lowest BCUT2D eigenvalue weighted by atomic mass is 9.91. The Bertz CT molecular complexity index is 946. The number of aldehydes is 1. The molecule has 0 radical (unpaired) electrons. The molecule has 1 aromatic rings. The van der Waals surface area contributed by atoms with E-state index in [1.165, 1.54) is 0 Å². The van der Waals surface area contributed by atoms with Gasteiger partial charge in [-0.2, -0.15) is 0 Å². The molecule has 36 heavy (non-hydrogen) atoms. The SMILES string of the molecule is CNC12CCC(NC(=O)COC3CC(OC(F)(F)F)C3)(CC1)C2.O=CC1CCc2cc(Cl)ccc2O1. The maximum absolute atomic E-state index is 12.1. The Morgan fingerprint density at radius 2 is 1.89 bits per heavy atom. The molecule has 1 aliphatic heterocycles. The molecule has 1 unspecified atom stereocenters. The number of carbonyl (C=O) groups excluding carboxylic acids is 2. The van der Waals surface area contributed by atoms with Gasteiger partial charge >= 0.3 is 6.36 Å². The van der Waals surface area contributed by atoms with Crippen molar-refractivity contribution in [2.24, 2.45) is 0 Å². The lowest BCUT2D eigenvalue weighted by Gasteiger charge is -2.35. The Balaban J connectivity index is 0.000000197. The Kier molecular flexibility index (Phi) is 8.19. The Labute approximate surface area is 213 Å². The van der Waals surface area contributed by atoms with E-state index in [9.17, 15) is 22.8 Å². The number of ether oxygens (including phenoxy) is 3. The van der Waals surface area contributed by atoms with Gasteiger partial charge in [-0.1, -0.05) is 11.6 Å². The van der Waals surface area contributed by atoms with Crippen molar-refractivity contribution in [3.63, 3.8) is 0 Å². The van der Waals surface area contributed by atoms with Crippen LogP contribution in [0.2, 0.25) is 5.02 Å². The Morgan fingerprint density at radius 1 is 1.19 bits per heavy atom. The average molecular weight is 533 g/mol. The highest BCUT2D eigenvalue weighted by molar-refractivity contribution is 6.30. The van der Waals surface area contributed by atoms with Crippen LogP contribution < -0.4 is 15.4 Å². The van der Waals surface area contributed by atoms with Gasteiger partial charge in [-0.3, -0.25) is 14.3 Å². The number of hydrogen-bond donors (Lipinski definition) is 2. The predicted molar refractivity (Wildman–Crippen MR) is 126 cm³/mol. The minimum absolute atomic E-state index is 0.0995. The van der Waals surface area contributed by atoms with Crippen LogP contribution in [0.1, 0.15) is 56.9 Å². The number of rotatable bonds is 7. The molecule has 3 saturated carbocycles. The third kappa shape index (κ3) is 6.70. The fraction of sp³-hybridized carbons (Fsp3) is 0.680. The van der Waals surface area contributed by atoms with Crippen molar-refractivity contribution in [1.29, 1.82) is 0 Å². The van der Waals surface area contributed by atoms with Gasteiger partial charge in [-0.25, -0.2) is 0 Å². The lowest BCUT2D eigenvalue weighted by molar-refractivity contribution is -0.357. The average Bonchev–Trinajstić information content (AvgIpc) is 3.36. The predicted octanol–water partition coefficient (Wildman–Crippen LogP) is 4.09. The summed E-state index contributed by atoms with van der Waals surface area (Å²) in [6, 6.07) is 5.47. The molecule has 1 heterocycles. The van der Waals surface area contributed by atoms with E-state index in [2.05, 4.69) is 15.4 Å². The first-order chi connectivity index (χ1) is 17.0. The van der Waals surface area contributed by atoms with Gasteiger partial charge in [-0.15, -0.1) is 13.2 Å². The third-order valence-electron chi connectivity index (χ3n) is 7.73. The van der Waals surface area contributed by atoms with Crippen LogP contribution in [0.4, 0.5) is 13.2 Å². The number of amides is 1. The van der Waals surface area contributed by atoms with Gasteiger partial charge in [0.15, 0.2) is 12.4 Å². The summed E-state index contributed by atoms with van der Waals surface area (Å²) >= 11 is 5.82. The Hall–Kier alpha value is -1.88. The van der Waals surface area contributed by atoms with Gasteiger partial charge in [0.1, 0.15) is 12.4 Å². The van der Waals surface area contributed by atoms with E-state index in [4.69, 9.17) is 21.1 Å². The molecule has 0 spiro atoms. The second-order valence-electron chi connectivity index (χ2n) is 10.2. The zero-order chi connectivity index (χ0) is 26.0. The van der Waals surface area contributed by atoms with Crippen LogP contribution in [0.25, 0.3) is 0 Å². The molecule has 11 heteroatoms. The molecule has 3 fully saturated rings. The van der Waals surface area contributed by atoms with E-state index >= 15 is 0 Å². The third-order valence-corrected chi connectivity index (χ3v) is 7.96. The molecule has 7 nitrogen and oxygen atoms in total. The number of fused-ring (bicyclic) bond motifs is 3. The molecule has 5 rings (SSSR count). The number of nitrogens with one attached hydrogen (secondary N) is 2. The number of hydrogen-bond acceptors (Lipinski definition) is 6. The Morgan fingerprint density at radius 3 is 2.50 bits per heavy atom. The minimum atomic E-state index is -4.60. The van der Waals surface area contributed by atoms with E-state index in [1.807, 2.05) is 19.2 Å². The van der Waals surface area contributed by atoms with Crippen LogP contribution >= 0.6 is 11.6 Å². The van der Waals surface area contributed by atoms with Crippen LogP contribution in [0.5, 0.6) is 5.75 Å². The van der Waals surface area contributed by atoms with Crippen LogP contribution in [0.3, 0.4) is 0 Å². The molecule has 4 aliphatic rings. The first-order valence-electron chi connectivity index (χ1n) is 12.3. The molecule has 2 bridgehead atoms. The summed E-state index contributed by atoms with van der Waals surface area (Å²) in [5, 5.41) is 7.17. The highest BCUT2D eigenvalue weighted by atomic mass is 35.5. The smallest absolute Gasteiger partial charge is 0.483 e. The fourth-order valence-electron chi connectivity index (χ4n) is 5.65. The first-order valence-corrected chi connectivity index (χ1v) is 12.7. The molecule has 1 atom stereocenters. The largest absolute Gasteiger partial charge is 0.522 e. The second kappa shape index (κ2) is 10.8. The van der Waals surface area contributed by atoms with Crippen LogP contribution in [0, 0.1) is 0 Å². The van der Waals surface area contributed by atoms with E-state index in [-0.39, 0.29) is 48.6 Å². The van der Waals surface area contributed by atoms with Gasteiger partial charge in [-0.05, 0) is 75.8 Å². The maximum atomic E-state index is 12.1. The topological polar surface area (TPSA) is 85.9 Å². The number of aryl methyl sites for hydroxylation is 1. The summed E-state index contributed by atoms with van der Waals surface area (Å²) in [6.45, 7) is -0.0995. The maximum Gasteiger partial charge on any atom is 0.522 e. The van der Waals surface area contributed by atoms with Gasteiger partial charge in [0.05, 0.1) is 12.2 Å². The molecule has 0 saturated heterocycles. The molecule has 3 aliphatic carbocycles. The lowest BCUT2D eigenvalue weighted by Crippen LogP contribution is -2.48. The van der Waals surface area contributed by atoms with Crippen LogP contribution in [-0.2, 0) is 25.5 Å². The van der Waals surface area contributed by atoms with Gasteiger partial charge in [0, 0.05) is 28.9 Å². The molecular formula is C25H32ClF3N2O5. The molecule has 1 amide bonds. The molecule has 0 aromatic heterocycles. The monoisotopic (exact) mass is 532 g/mol. The summed E-state index contributed by atoms with van der Waals surface area (Å²) in [7, 11) is 1.96. The summed E-state index contributed by atoms with van der Waals surface area (Å²) in [4.78, 5) is 22.5. The molecular weight excluding hydrogens is 501 g/mol. The van der Waals surface area contributed by atoms with Crippen molar-refractivity contribution in [2.75, 3.05) is 13.7 Å². The molecule has 2 N–H and O–H groups in total. The zero-order valence-electron chi connectivity index (χ0n) is 20.2. The van der Waals surface area contributed by atoms with Crippen molar-refractivity contribution in [3.05, 3.63) is 28.8 Å². The summed E-state index contributed by atoms with van der Waals surface area (Å²) in [5.41, 5.74) is 1.11. The molecule has 1 aromatic carbocycles. The number of carbonyl (C=O) groups is 2. The van der Waals surface area contributed by atoms with Crippen molar-refractivity contribution < 1.29 is 37.0 Å². The second-order valence-corrected chi connectivity index (χ2v) is 10.6. The summed E-state index contributed by atoms with van der Waals surface area (Å²) in [6.07, 6.45) is 1.74. The molecule has 200 valence electrons. The van der Waals surface area contributed by atoms with E-state index in [1.54, 1.807) is 6.07 Å². The van der Waals surface area contributed by atoms with Gasteiger partial charge in [0.2, 0.25) is 5.91 Å². The van der Waals surface area contributed by atoms with Crippen molar-refractivity contribution >= 4 is 23.8 Å². The van der Waals surface area contributed by atoms with E-state index in [0.717, 1.165) is 62.5 Å². The van der Waals surface area contributed by atoms with Gasteiger partial charge < -0.3 is 20.1 Å². The highest BCUT2D eigenvalue weighted by Gasteiger charge is 2.54. The van der Waals surface area contributed by atoms with Crippen LogP contribution in [0.15, 0.2) is 18.2 Å². The fourth-order valence-corrected chi connectivity index (χ4v) is 5.85. The quantitative estimate of drug-likeness (QED) is 0.514.